The molecule has 1 saturated carbocycles. The summed E-state index contributed by atoms with van der Waals surface area (Å²) in [6.07, 6.45) is 6.80. The standard InChI is InChI=1S/C14H19BrN2/c1-17-13-6-5-11(15)9-12(13)16-10-14(17)7-3-2-4-8-14/h5-6,9,16H,2-4,7-8,10H2,1H3. The molecule has 1 aliphatic carbocycles. The van der Waals surface area contributed by atoms with E-state index in [1.165, 1.54) is 43.5 Å². The van der Waals surface area contributed by atoms with Crippen molar-refractivity contribution in [1.29, 1.82) is 0 Å². The molecule has 0 atom stereocenters. The van der Waals surface area contributed by atoms with Gasteiger partial charge in [0.05, 0.1) is 16.9 Å². The van der Waals surface area contributed by atoms with Crippen LogP contribution in [0.2, 0.25) is 0 Å². The summed E-state index contributed by atoms with van der Waals surface area (Å²) in [5.74, 6) is 0. The van der Waals surface area contributed by atoms with Crippen LogP contribution in [0, 0.1) is 0 Å². The van der Waals surface area contributed by atoms with Gasteiger partial charge in [-0.3, -0.25) is 0 Å². The molecule has 0 bridgehead atoms. The second kappa shape index (κ2) is 4.20. The molecule has 1 aromatic carbocycles. The number of fused-ring (bicyclic) bond motifs is 1. The van der Waals surface area contributed by atoms with E-state index in [0.717, 1.165) is 11.0 Å². The third kappa shape index (κ3) is 1.85. The molecule has 0 radical (unpaired) electrons. The number of nitrogens with one attached hydrogen (secondary N) is 1. The van der Waals surface area contributed by atoms with E-state index in [4.69, 9.17) is 0 Å². The molecule has 0 aromatic heterocycles. The van der Waals surface area contributed by atoms with Crippen molar-refractivity contribution < 1.29 is 0 Å². The molecule has 1 heterocycles. The molecule has 17 heavy (non-hydrogen) atoms. The normalized spacial score (nSPS) is 22.1. The first-order chi connectivity index (χ1) is 8.21. The molecule has 1 aliphatic heterocycles. The zero-order valence-corrected chi connectivity index (χ0v) is 11.9. The summed E-state index contributed by atoms with van der Waals surface area (Å²) in [5, 5.41) is 3.62. The van der Waals surface area contributed by atoms with Crippen LogP contribution < -0.4 is 10.2 Å². The molecular formula is C14H19BrN2. The van der Waals surface area contributed by atoms with E-state index in [2.05, 4.69) is 51.4 Å². The lowest BCUT2D eigenvalue weighted by molar-refractivity contribution is 0.294. The highest BCUT2D eigenvalue weighted by molar-refractivity contribution is 9.10. The molecule has 1 N–H and O–H groups in total. The minimum absolute atomic E-state index is 0.360. The highest BCUT2D eigenvalue weighted by atomic mass is 79.9. The van der Waals surface area contributed by atoms with Gasteiger partial charge in [-0.25, -0.2) is 0 Å². The molecule has 1 aromatic rings. The number of hydrogen-bond donors (Lipinski definition) is 1. The van der Waals surface area contributed by atoms with Gasteiger partial charge in [0.15, 0.2) is 0 Å². The van der Waals surface area contributed by atoms with Gasteiger partial charge >= 0.3 is 0 Å². The SMILES string of the molecule is CN1c2ccc(Br)cc2NCC12CCCCC2. The van der Waals surface area contributed by atoms with Gasteiger partial charge in [0, 0.05) is 18.1 Å². The van der Waals surface area contributed by atoms with E-state index in [0.29, 0.717) is 5.54 Å². The van der Waals surface area contributed by atoms with Crippen LogP contribution in [0.25, 0.3) is 0 Å². The number of hydrogen-bond acceptors (Lipinski definition) is 2. The summed E-state index contributed by atoms with van der Waals surface area (Å²) in [5.41, 5.74) is 2.97. The minimum Gasteiger partial charge on any atom is -0.381 e. The van der Waals surface area contributed by atoms with E-state index < -0.39 is 0 Å². The molecule has 1 spiro atoms. The number of benzene rings is 1. The Morgan fingerprint density at radius 1 is 1.24 bits per heavy atom. The van der Waals surface area contributed by atoms with Gasteiger partial charge in [-0.2, -0.15) is 0 Å². The monoisotopic (exact) mass is 294 g/mol. The van der Waals surface area contributed by atoms with E-state index in [-0.39, 0.29) is 0 Å². The lowest BCUT2D eigenvalue weighted by atomic mass is 9.79. The van der Waals surface area contributed by atoms with Crippen LogP contribution in [0.1, 0.15) is 32.1 Å². The highest BCUT2D eigenvalue weighted by Gasteiger charge is 2.39. The maximum Gasteiger partial charge on any atom is 0.0605 e. The molecule has 0 amide bonds. The molecule has 2 aliphatic rings. The van der Waals surface area contributed by atoms with Crippen LogP contribution in [0.4, 0.5) is 11.4 Å². The Hall–Kier alpha value is -0.700. The molecular weight excluding hydrogens is 276 g/mol. The number of likely N-dealkylation sites (N-methyl/N-ethyl adjacent to an activating group) is 1. The second-order valence-electron chi connectivity index (χ2n) is 5.36. The van der Waals surface area contributed by atoms with Crippen molar-refractivity contribution in [2.45, 2.75) is 37.6 Å². The maximum absolute atomic E-state index is 3.62. The van der Waals surface area contributed by atoms with E-state index in [1.54, 1.807) is 0 Å². The van der Waals surface area contributed by atoms with Crippen LogP contribution in [-0.4, -0.2) is 19.1 Å². The van der Waals surface area contributed by atoms with Gasteiger partial charge in [-0.05, 0) is 31.0 Å². The quantitative estimate of drug-likeness (QED) is 0.778. The molecule has 0 saturated heterocycles. The zero-order valence-electron chi connectivity index (χ0n) is 10.3. The van der Waals surface area contributed by atoms with Crippen molar-refractivity contribution in [1.82, 2.24) is 0 Å². The third-order valence-corrected chi connectivity index (χ3v) is 4.92. The van der Waals surface area contributed by atoms with Gasteiger partial charge in [0.25, 0.3) is 0 Å². The van der Waals surface area contributed by atoms with Crippen LogP contribution in [0.15, 0.2) is 22.7 Å². The van der Waals surface area contributed by atoms with E-state index in [1.807, 2.05) is 0 Å². The van der Waals surface area contributed by atoms with Crippen LogP contribution in [0.5, 0.6) is 0 Å². The molecule has 2 nitrogen and oxygen atoms in total. The first kappa shape index (κ1) is 11.4. The summed E-state index contributed by atoms with van der Waals surface area (Å²) < 4.78 is 1.15. The fourth-order valence-electron chi connectivity index (χ4n) is 3.30. The molecule has 92 valence electrons. The Balaban J connectivity index is 1.96. The fourth-order valence-corrected chi connectivity index (χ4v) is 3.66. The van der Waals surface area contributed by atoms with Crippen LogP contribution in [-0.2, 0) is 0 Å². The third-order valence-electron chi connectivity index (χ3n) is 4.42. The lowest BCUT2D eigenvalue weighted by Gasteiger charge is -2.50. The summed E-state index contributed by atoms with van der Waals surface area (Å²) in [7, 11) is 2.26. The smallest absolute Gasteiger partial charge is 0.0605 e. The summed E-state index contributed by atoms with van der Waals surface area (Å²) >= 11 is 3.54. The molecule has 1 fully saturated rings. The van der Waals surface area contributed by atoms with Gasteiger partial charge in [0.1, 0.15) is 0 Å². The summed E-state index contributed by atoms with van der Waals surface area (Å²) in [4.78, 5) is 2.52. The minimum atomic E-state index is 0.360. The Kier molecular flexibility index (Phi) is 2.81. The number of nitrogens with zero attached hydrogens (tertiary/aromatic N) is 1. The van der Waals surface area contributed by atoms with Gasteiger partial charge in [-0.1, -0.05) is 35.2 Å². The molecule has 3 rings (SSSR count). The lowest BCUT2D eigenvalue weighted by Crippen LogP contribution is -2.55. The van der Waals surface area contributed by atoms with Gasteiger partial charge < -0.3 is 10.2 Å². The van der Waals surface area contributed by atoms with E-state index >= 15 is 0 Å². The Morgan fingerprint density at radius 3 is 2.76 bits per heavy atom. The van der Waals surface area contributed by atoms with Crippen molar-refractivity contribution in [3.63, 3.8) is 0 Å². The van der Waals surface area contributed by atoms with Crippen LogP contribution in [0.3, 0.4) is 0 Å². The number of rotatable bonds is 0. The number of halogens is 1. The molecule has 0 unspecified atom stereocenters. The number of anilines is 2. The second-order valence-corrected chi connectivity index (χ2v) is 6.27. The molecule has 3 heteroatoms. The highest BCUT2D eigenvalue weighted by Crippen LogP contribution is 2.42. The Bertz CT molecular complexity index is 424. The average molecular weight is 295 g/mol. The van der Waals surface area contributed by atoms with Crippen molar-refractivity contribution in [3.05, 3.63) is 22.7 Å². The van der Waals surface area contributed by atoms with Crippen molar-refractivity contribution in [3.8, 4) is 0 Å². The predicted molar refractivity (Wildman–Crippen MR) is 76.9 cm³/mol. The van der Waals surface area contributed by atoms with Crippen molar-refractivity contribution in [2.75, 3.05) is 23.8 Å². The summed E-state index contributed by atoms with van der Waals surface area (Å²) in [6.45, 7) is 1.09. The van der Waals surface area contributed by atoms with E-state index in [9.17, 15) is 0 Å². The predicted octanol–water partition coefficient (Wildman–Crippen LogP) is 4.01. The topological polar surface area (TPSA) is 15.3 Å². The largest absolute Gasteiger partial charge is 0.381 e. The van der Waals surface area contributed by atoms with Crippen molar-refractivity contribution in [2.24, 2.45) is 0 Å². The first-order valence-corrected chi connectivity index (χ1v) is 7.28. The van der Waals surface area contributed by atoms with Crippen LogP contribution >= 0.6 is 15.9 Å². The van der Waals surface area contributed by atoms with Gasteiger partial charge in [-0.15, -0.1) is 0 Å². The fraction of sp³-hybridized carbons (Fsp3) is 0.571. The zero-order chi connectivity index (χ0) is 11.9. The Morgan fingerprint density at radius 2 is 2.00 bits per heavy atom. The summed E-state index contributed by atoms with van der Waals surface area (Å²) in [6, 6.07) is 6.54. The average Bonchev–Trinajstić information content (AvgIpc) is 2.36. The van der Waals surface area contributed by atoms with Gasteiger partial charge in [0.2, 0.25) is 0 Å². The maximum atomic E-state index is 3.62. The van der Waals surface area contributed by atoms with Crippen molar-refractivity contribution >= 4 is 27.3 Å². The Labute approximate surface area is 112 Å². The first-order valence-electron chi connectivity index (χ1n) is 6.49.